The van der Waals surface area contributed by atoms with Crippen molar-refractivity contribution in [1.82, 2.24) is 10.2 Å². The van der Waals surface area contributed by atoms with E-state index in [1.165, 1.54) is 29.2 Å². The van der Waals surface area contributed by atoms with Gasteiger partial charge in [0.05, 0.1) is 10.6 Å². The van der Waals surface area contributed by atoms with Gasteiger partial charge in [0.1, 0.15) is 12.6 Å². The number of carbonyl (C=O) groups is 2. The van der Waals surface area contributed by atoms with Crippen LogP contribution in [0, 0.1) is 13.8 Å². The minimum atomic E-state index is -4.18. The molecule has 1 unspecified atom stereocenters. The Kier molecular flexibility index (Phi) is 11.0. The summed E-state index contributed by atoms with van der Waals surface area (Å²) in [5.41, 5.74) is 2.85. The van der Waals surface area contributed by atoms with E-state index in [-0.39, 0.29) is 17.3 Å². The summed E-state index contributed by atoms with van der Waals surface area (Å²) < 4.78 is 29.0. The third-order valence-electron chi connectivity index (χ3n) is 6.69. The van der Waals surface area contributed by atoms with E-state index < -0.39 is 28.5 Å². The lowest BCUT2D eigenvalue weighted by Crippen LogP contribution is -2.52. The lowest BCUT2D eigenvalue weighted by molar-refractivity contribution is -0.140. The Morgan fingerprint density at radius 2 is 1.60 bits per heavy atom. The number of nitrogens with one attached hydrogen (secondary N) is 1. The SMILES string of the molecule is CCCNC(=O)C(CC)N(Cc1ccccc1Cl)C(=O)CN(c1ccc(C)c(C)c1)S(=O)(=O)c1ccc(Cl)cc1. The van der Waals surface area contributed by atoms with Crippen LogP contribution in [0.1, 0.15) is 43.4 Å². The Bertz CT molecular complexity index is 1450. The molecule has 214 valence electrons. The van der Waals surface area contributed by atoms with Crippen molar-refractivity contribution in [3.05, 3.63) is 93.5 Å². The molecule has 0 fully saturated rings. The minimum absolute atomic E-state index is 0.00619. The summed E-state index contributed by atoms with van der Waals surface area (Å²) in [5, 5.41) is 3.71. The maximum absolute atomic E-state index is 14.1. The third kappa shape index (κ3) is 7.56. The highest BCUT2D eigenvalue weighted by molar-refractivity contribution is 7.92. The molecule has 1 atom stereocenters. The first kappa shape index (κ1) is 31.5. The summed E-state index contributed by atoms with van der Waals surface area (Å²) in [4.78, 5) is 28.6. The van der Waals surface area contributed by atoms with Gasteiger partial charge in [0.2, 0.25) is 11.8 Å². The second kappa shape index (κ2) is 14.0. The molecule has 7 nitrogen and oxygen atoms in total. The van der Waals surface area contributed by atoms with Gasteiger partial charge in [0.15, 0.2) is 0 Å². The number of amides is 2. The Balaban J connectivity index is 2.09. The monoisotopic (exact) mass is 603 g/mol. The van der Waals surface area contributed by atoms with E-state index in [0.717, 1.165) is 21.9 Å². The first-order valence-corrected chi connectivity index (χ1v) is 15.3. The third-order valence-corrected chi connectivity index (χ3v) is 9.10. The summed E-state index contributed by atoms with van der Waals surface area (Å²) in [6.07, 6.45) is 1.07. The highest BCUT2D eigenvalue weighted by Gasteiger charge is 2.34. The molecule has 0 radical (unpaired) electrons. The van der Waals surface area contributed by atoms with E-state index in [9.17, 15) is 18.0 Å². The Hall–Kier alpha value is -3.07. The van der Waals surface area contributed by atoms with E-state index in [1.807, 2.05) is 33.8 Å². The number of aryl methyl sites for hydroxylation is 2. The Morgan fingerprint density at radius 1 is 0.925 bits per heavy atom. The molecule has 3 aromatic carbocycles. The highest BCUT2D eigenvalue weighted by Crippen LogP contribution is 2.28. The van der Waals surface area contributed by atoms with Crippen LogP contribution in [0.2, 0.25) is 10.0 Å². The van der Waals surface area contributed by atoms with Crippen molar-refractivity contribution < 1.29 is 18.0 Å². The molecule has 0 aliphatic carbocycles. The number of rotatable bonds is 12. The number of anilines is 1. The molecule has 3 rings (SSSR count). The molecule has 0 bridgehead atoms. The molecule has 1 N–H and O–H groups in total. The zero-order chi connectivity index (χ0) is 29.4. The minimum Gasteiger partial charge on any atom is -0.354 e. The maximum Gasteiger partial charge on any atom is 0.264 e. The van der Waals surface area contributed by atoms with Crippen molar-refractivity contribution >= 4 is 50.7 Å². The van der Waals surface area contributed by atoms with Crippen molar-refractivity contribution in [2.24, 2.45) is 0 Å². The predicted molar refractivity (Wildman–Crippen MR) is 161 cm³/mol. The topological polar surface area (TPSA) is 86.8 Å². The lowest BCUT2D eigenvalue weighted by atomic mass is 10.1. The van der Waals surface area contributed by atoms with Gasteiger partial charge in [-0.2, -0.15) is 0 Å². The van der Waals surface area contributed by atoms with Crippen molar-refractivity contribution in [2.75, 3.05) is 17.4 Å². The molecular formula is C30H35Cl2N3O4S. The van der Waals surface area contributed by atoms with Crippen molar-refractivity contribution in [2.45, 2.75) is 58.0 Å². The van der Waals surface area contributed by atoms with Gasteiger partial charge in [-0.25, -0.2) is 8.42 Å². The lowest BCUT2D eigenvalue weighted by Gasteiger charge is -2.33. The molecule has 0 saturated heterocycles. The average molecular weight is 605 g/mol. The van der Waals surface area contributed by atoms with Gasteiger partial charge >= 0.3 is 0 Å². The molecule has 0 aliphatic heterocycles. The van der Waals surface area contributed by atoms with Crippen LogP contribution in [0.15, 0.2) is 71.6 Å². The molecule has 0 aromatic heterocycles. The Labute approximate surface area is 247 Å². The van der Waals surface area contributed by atoms with Gasteiger partial charge < -0.3 is 10.2 Å². The van der Waals surface area contributed by atoms with Gasteiger partial charge in [-0.15, -0.1) is 0 Å². The summed E-state index contributed by atoms with van der Waals surface area (Å²) in [6, 6.07) is 17.3. The van der Waals surface area contributed by atoms with Crippen LogP contribution >= 0.6 is 23.2 Å². The van der Waals surface area contributed by atoms with E-state index in [0.29, 0.717) is 34.3 Å². The van der Waals surface area contributed by atoms with Gasteiger partial charge in [0.25, 0.3) is 10.0 Å². The fraction of sp³-hybridized carbons (Fsp3) is 0.333. The molecular weight excluding hydrogens is 569 g/mol. The van der Waals surface area contributed by atoms with Crippen LogP contribution in [-0.2, 0) is 26.2 Å². The van der Waals surface area contributed by atoms with Crippen LogP contribution in [0.5, 0.6) is 0 Å². The number of nitrogens with zero attached hydrogens (tertiary/aromatic N) is 2. The van der Waals surface area contributed by atoms with E-state index in [1.54, 1.807) is 36.4 Å². The smallest absolute Gasteiger partial charge is 0.264 e. The standard InChI is InChI=1S/C30H35Cl2N3O4S/c1-5-17-33-30(37)28(6-2)34(19-23-9-7-8-10-27(23)32)29(36)20-35(25-14-11-21(3)22(4)18-25)40(38,39)26-15-12-24(31)13-16-26/h7-16,18,28H,5-6,17,19-20H2,1-4H3,(H,33,37). The number of carbonyl (C=O) groups excluding carboxylic acids is 2. The fourth-order valence-corrected chi connectivity index (χ4v) is 5.97. The predicted octanol–water partition coefficient (Wildman–Crippen LogP) is 6.14. The molecule has 40 heavy (non-hydrogen) atoms. The van der Waals surface area contributed by atoms with Crippen molar-refractivity contribution in [1.29, 1.82) is 0 Å². The van der Waals surface area contributed by atoms with Gasteiger partial charge in [-0.05, 0) is 85.8 Å². The zero-order valence-electron chi connectivity index (χ0n) is 23.2. The number of hydrogen-bond donors (Lipinski definition) is 1. The quantitative estimate of drug-likeness (QED) is 0.269. The fourth-order valence-electron chi connectivity index (χ4n) is 4.24. The molecule has 0 saturated carbocycles. The van der Waals surface area contributed by atoms with E-state index in [4.69, 9.17) is 23.2 Å². The summed E-state index contributed by atoms with van der Waals surface area (Å²) in [6.45, 7) is 7.54. The van der Waals surface area contributed by atoms with E-state index >= 15 is 0 Å². The van der Waals surface area contributed by atoms with Gasteiger partial charge in [0, 0.05) is 23.1 Å². The molecule has 0 heterocycles. The van der Waals surface area contributed by atoms with Crippen LogP contribution in [0.3, 0.4) is 0 Å². The second-order valence-corrected chi connectivity index (χ2v) is 12.3. The van der Waals surface area contributed by atoms with E-state index in [2.05, 4.69) is 5.32 Å². The van der Waals surface area contributed by atoms with Crippen molar-refractivity contribution in [3.8, 4) is 0 Å². The average Bonchev–Trinajstić information content (AvgIpc) is 2.93. The molecule has 0 spiro atoms. The summed E-state index contributed by atoms with van der Waals surface area (Å²) in [5.74, 6) is -0.836. The van der Waals surface area contributed by atoms with Crippen LogP contribution in [0.25, 0.3) is 0 Å². The van der Waals surface area contributed by atoms with Crippen molar-refractivity contribution in [3.63, 3.8) is 0 Å². The molecule has 0 aliphatic rings. The Morgan fingerprint density at radius 3 is 2.20 bits per heavy atom. The molecule has 10 heteroatoms. The van der Waals surface area contributed by atoms with Crippen LogP contribution in [0.4, 0.5) is 5.69 Å². The summed E-state index contributed by atoms with van der Waals surface area (Å²) in [7, 11) is -4.18. The first-order chi connectivity index (χ1) is 19.0. The largest absolute Gasteiger partial charge is 0.354 e. The second-order valence-electron chi connectivity index (χ2n) is 9.56. The zero-order valence-corrected chi connectivity index (χ0v) is 25.5. The van der Waals surface area contributed by atoms with Gasteiger partial charge in [-0.1, -0.05) is 61.3 Å². The molecule has 2 amide bonds. The first-order valence-electron chi connectivity index (χ1n) is 13.2. The summed E-state index contributed by atoms with van der Waals surface area (Å²) >= 11 is 12.4. The highest BCUT2D eigenvalue weighted by atomic mass is 35.5. The van der Waals surface area contributed by atoms with Gasteiger partial charge in [-0.3, -0.25) is 13.9 Å². The normalized spacial score (nSPS) is 12.1. The number of hydrogen-bond acceptors (Lipinski definition) is 4. The van der Waals surface area contributed by atoms with Crippen LogP contribution in [-0.4, -0.2) is 44.3 Å². The maximum atomic E-state index is 14.1. The number of halogens is 2. The number of sulfonamides is 1. The molecule has 3 aromatic rings. The number of benzene rings is 3. The van der Waals surface area contributed by atoms with Crippen LogP contribution < -0.4 is 9.62 Å².